The van der Waals surface area contributed by atoms with Gasteiger partial charge < -0.3 is 20.6 Å². The summed E-state index contributed by atoms with van der Waals surface area (Å²) in [4.78, 5) is 12.2. The van der Waals surface area contributed by atoms with Gasteiger partial charge in [-0.05, 0) is 92.3 Å². The van der Waals surface area contributed by atoms with E-state index in [1.54, 1.807) is 0 Å². The highest BCUT2D eigenvalue weighted by molar-refractivity contribution is 7.85. The molecule has 4 saturated carbocycles. The zero-order valence-corrected chi connectivity index (χ0v) is 22.2. The fourth-order valence-electron chi connectivity index (χ4n) is 9.20. The minimum absolute atomic E-state index is 0.0234. The Labute approximate surface area is 210 Å². The average molecular weight is 516 g/mol. The third-order valence-electron chi connectivity index (χ3n) is 11.0. The van der Waals surface area contributed by atoms with Crippen LogP contribution >= 0.6 is 0 Å². The Bertz CT molecular complexity index is 896. The number of carbonyl (C=O) groups is 1. The molecule has 5 N–H and O–H groups in total. The van der Waals surface area contributed by atoms with Gasteiger partial charge in [-0.25, -0.2) is 0 Å². The summed E-state index contributed by atoms with van der Waals surface area (Å²) in [5.41, 5.74) is -0.266. The topological polar surface area (TPSA) is 144 Å². The lowest BCUT2D eigenvalue weighted by molar-refractivity contribution is -0.176. The predicted molar refractivity (Wildman–Crippen MR) is 132 cm³/mol. The van der Waals surface area contributed by atoms with E-state index >= 15 is 0 Å². The summed E-state index contributed by atoms with van der Waals surface area (Å²) in [5, 5.41) is 35.7. The Hall–Kier alpha value is -0.740. The number of hydrogen-bond donors (Lipinski definition) is 5. The molecule has 11 atom stereocenters. The van der Waals surface area contributed by atoms with Gasteiger partial charge in [0.1, 0.15) is 0 Å². The van der Waals surface area contributed by atoms with E-state index in [0.29, 0.717) is 30.6 Å². The van der Waals surface area contributed by atoms with Gasteiger partial charge in [-0.15, -0.1) is 0 Å². The van der Waals surface area contributed by atoms with Crippen molar-refractivity contribution in [2.24, 2.45) is 46.3 Å². The van der Waals surface area contributed by atoms with E-state index in [0.717, 1.165) is 38.5 Å². The summed E-state index contributed by atoms with van der Waals surface area (Å²) in [6.07, 6.45) is 5.86. The highest BCUT2D eigenvalue weighted by Gasteiger charge is 2.65. The lowest BCUT2D eigenvalue weighted by Gasteiger charge is -2.62. The summed E-state index contributed by atoms with van der Waals surface area (Å²) in [5.74, 6) is 0.763. The third-order valence-corrected chi connectivity index (χ3v) is 11.7. The largest absolute Gasteiger partial charge is 0.393 e. The predicted octanol–water partition coefficient (Wildman–Crippen LogP) is 2.37. The van der Waals surface area contributed by atoms with Gasteiger partial charge in [-0.3, -0.25) is 9.35 Å². The number of nitrogens with one attached hydrogen (secondary N) is 1. The fourth-order valence-corrected chi connectivity index (χ4v) is 9.56. The molecule has 4 aliphatic rings. The Morgan fingerprint density at radius 2 is 1.77 bits per heavy atom. The first-order valence-corrected chi connectivity index (χ1v) is 15.1. The second-order valence-electron chi connectivity index (χ2n) is 12.7. The van der Waals surface area contributed by atoms with Crippen LogP contribution in [0.25, 0.3) is 0 Å². The summed E-state index contributed by atoms with van der Waals surface area (Å²) >= 11 is 0. The molecule has 0 spiro atoms. The number of hydrogen-bond acceptors (Lipinski definition) is 6. The van der Waals surface area contributed by atoms with Gasteiger partial charge >= 0.3 is 0 Å². The maximum atomic E-state index is 12.2. The Balaban J connectivity index is 1.44. The van der Waals surface area contributed by atoms with Crippen LogP contribution in [0.2, 0.25) is 0 Å². The Morgan fingerprint density at radius 1 is 1.06 bits per heavy atom. The Kier molecular flexibility index (Phi) is 7.69. The molecular weight excluding hydrogens is 470 g/mol. The third kappa shape index (κ3) is 5.05. The molecule has 0 saturated heterocycles. The first-order valence-electron chi connectivity index (χ1n) is 13.5. The van der Waals surface area contributed by atoms with Crippen LogP contribution in [0.3, 0.4) is 0 Å². The van der Waals surface area contributed by atoms with E-state index in [4.69, 9.17) is 4.55 Å². The van der Waals surface area contributed by atoms with Crippen molar-refractivity contribution in [3.8, 4) is 0 Å². The van der Waals surface area contributed by atoms with Crippen molar-refractivity contribution in [3.63, 3.8) is 0 Å². The molecule has 0 unspecified atom stereocenters. The molecule has 0 aromatic carbocycles. The molecule has 4 rings (SSSR count). The lowest BCUT2D eigenvalue weighted by atomic mass is 9.43. The molecule has 4 aliphatic carbocycles. The number of carbonyl (C=O) groups excluding carboxylic acids is 1. The van der Waals surface area contributed by atoms with Gasteiger partial charge in [0.2, 0.25) is 5.91 Å². The number of amides is 1. The lowest BCUT2D eigenvalue weighted by Crippen LogP contribution is -2.59. The molecule has 0 aromatic rings. The summed E-state index contributed by atoms with van der Waals surface area (Å²) in [7, 11) is -4.11. The van der Waals surface area contributed by atoms with Crippen LogP contribution in [0.4, 0.5) is 0 Å². The van der Waals surface area contributed by atoms with E-state index < -0.39 is 33.5 Å². The number of aliphatic hydroxyl groups excluding tert-OH is 3. The van der Waals surface area contributed by atoms with Gasteiger partial charge in [-0.2, -0.15) is 8.42 Å². The van der Waals surface area contributed by atoms with E-state index in [1.807, 2.05) is 6.92 Å². The van der Waals surface area contributed by atoms with Gasteiger partial charge in [0.15, 0.2) is 0 Å². The minimum Gasteiger partial charge on any atom is -0.393 e. The zero-order chi connectivity index (χ0) is 25.8. The first kappa shape index (κ1) is 27.3. The van der Waals surface area contributed by atoms with Crippen LogP contribution in [0.15, 0.2) is 0 Å². The fraction of sp³-hybridized carbons (Fsp3) is 0.962. The molecule has 202 valence electrons. The van der Waals surface area contributed by atoms with Crippen molar-refractivity contribution in [2.45, 2.75) is 96.9 Å². The van der Waals surface area contributed by atoms with E-state index in [2.05, 4.69) is 19.2 Å². The maximum Gasteiger partial charge on any atom is 0.266 e. The van der Waals surface area contributed by atoms with Crippen molar-refractivity contribution in [2.75, 3.05) is 12.3 Å². The first-order chi connectivity index (χ1) is 16.3. The number of fused-ring (bicyclic) bond motifs is 5. The van der Waals surface area contributed by atoms with Crippen molar-refractivity contribution >= 4 is 16.0 Å². The van der Waals surface area contributed by atoms with Crippen LogP contribution in [-0.2, 0) is 14.9 Å². The summed E-state index contributed by atoms with van der Waals surface area (Å²) in [6.45, 7) is 6.45. The van der Waals surface area contributed by atoms with Crippen LogP contribution in [0, 0.1) is 46.3 Å². The van der Waals surface area contributed by atoms with Gasteiger partial charge in [0, 0.05) is 18.4 Å². The number of rotatable bonds is 7. The molecular formula is C26H45NO7S. The van der Waals surface area contributed by atoms with Gasteiger partial charge in [0.25, 0.3) is 10.1 Å². The molecule has 0 bridgehead atoms. The van der Waals surface area contributed by atoms with Crippen LogP contribution in [-0.4, -0.2) is 64.8 Å². The second kappa shape index (κ2) is 9.86. The summed E-state index contributed by atoms with van der Waals surface area (Å²) < 4.78 is 30.5. The molecule has 4 fully saturated rings. The minimum atomic E-state index is -4.11. The zero-order valence-electron chi connectivity index (χ0n) is 21.4. The molecule has 0 aliphatic heterocycles. The van der Waals surface area contributed by atoms with Crippen molar-refractivity contribution in [1.82, 2.24) is 5.32 Å². The quantitative estimate of drug-likeness (QED) is 0.327. The molecule has 1 amide bonds. The van der Waals surface area contributed by atoms with Crippen molar-refractivity contribution in [1.29, 1.82) is 0 Å². The Morgan fingerprint density at radius 3 is 2.46 bits per heavy atom. The maximum absolute atomic E-state index is 12.2. The highest BCUT2D eigenvalue weighted by Crippen LogP contribution is 2.68. The summed E-state index contributed by atoms with van der Waals surface area (Å²) in [6, 6.07) is 0. The smallest absolute Gasteiger partial charge is 0.266 e. The molecule has 0 heterocycles. The van der Waals surface area contributed by atoms with Crippen molar-refractivity contribution in [3.05, 3.63) is 0 Å². The van der Waals surface area contributed by atoms with E-state index in [9.17, 15) is 28.5 Å². The van der Waals surface area contributed by atoms with Crippen LogP contribution in [0.5, 0.6) is 0 Å². The van der Waals surface area contributed by atoms with E-state index in [1.165, 1.54) is 0 Å². The normalized spacial score (nSPS) is 46.3. The van der Waals surface area contributed by atoms with Crippen LogP contribution < -0.4 is 5.32 Å². The standard InChI is InChI=1S/C26H45NO7S/c1-15(4-7-23(31)27-10-11-35(32,33)34)24-21(29)13-20-18-6-5-16-12-17(28)8-9-25(16,2)19(18)14-22(30)26(20,24)3/h15-22,24,28-30H,4-14H2,1-3H3,(H,27,31)(H,32,33,34)/t15-,16-,17-,18-,19-,20-,21-,22+,24+,25+,26-/m1/s1. The highest BCUT2D eigenvalue weighted by atomic mass is 32.2. The second-order valence-corrected chi connectivity index (χ2v) is 14.3. The van der Waals surface area contributed by atoms with Gasteiger partial charge in [-0.1, -0.05) is 20.8 Å². The van der Waals surface area contributed by atoms with Gasteiger partial charge in [0.05, 0.1) is 24.1 Å². The van der Waals surface area contributed by atoms with Crippen LogP contribution in [0.1, 0.15) is 78.6 Å². The van der Waals surface area contributed by atoms with E-state index in [-0.39, 0.29) is 48.1 Å². The monoisotopic (exact) mass is 515 g/mol. The SMILES string of the molecule is C[C@H](CCC(=O)NCCS(=O)(=O)O)[C@H]1[C@H](O)C[C@@H]2[C@@H]3CC[C@@H]4C[C@H](O)CC[C@]4(C)[C@@H]3C[C@H](O)[C@]12C. The number of aliphatic hydroxyl groups is 3. The van der Waals surface area contributed by atoms with Crippen molar-refractivity contribution < 1.29 is 33.1 Å². The molecule has 0 radical (unpaired) electrons. The molecule has 8 nitrogen and oxygen atoms in total. The molecule has 0 aromatic heterocycles. The molecule has 35 heavy (non-hydrogen) atoms. The molecule has 9 heteroatoms. The average Bonchev–Trinajstić information content (AvgIpc) is 3.04.